The van der Waals surface area contributed by atoms with Gasteiger partial charge in [0.05, 0.1) is 5.69 Å². The summed E-state index contributed by atoms with van der Waals surface area (Å²) in [7, 11) is 0. The fourth-order valence-electron chi connectivity index (χ4n) is 3.95. The van der Waals surface area contributed by atoms with Gasteiger partial charge in [-0.1, -0.05) is 36.4 Å². The van der Waals surface area contributed by atoms with Gasteiger partial charge in [0, 0.05) is 36.3 Å². The highest BCUT2D eigenvalue weighted by Crippen LogP contribution is 2.26. The van der Waals surface area contributed by atoms with E-state index in [1.807, 2.05) is 50.2 Å². The van der Waals surface area contributed by atoms with Gasteiger partial charge in [0.25, 0.3) is 0 Å². The maximum Gasteiger partial charge on any atom is 0.227 e. The number of nitrogens with one attached hydrogen (secondary N) is 1. The fraction of sp³-hybridized carbons (Fsp3) is 0.292. The molecule has 1 aromatic heterocycles. The first-order valence-electron chi connectivity index (χ1n) is 10.1. The summed E-state index contributed by atoms with van der Waals surface area (Å²) >= 11 is 0. The summed E-state index contributed by atoms with van der Waals surface area (Å²) < 4.78 is 0. The van der Waals surface area contributed by atoms with Crippen LogP contribution in [0.1, 0.15) is 24.0 Å². The molecule has 1 aliphatic rings. The van der Waals surface area contributed by atoms with Crippen molar-refractivity contribution in [2.75, 3.05) is 23.3 Å². The largest absolute Gasteiger partial charge is 0.356 e. The molecule has 2 heterocycles. The molecule has 5 heteroatoms. The highest BCUT2D eigenvalue weighted by atomic mass is 16.1. The Kier molecular flexibility index (Phi) is 5.56. The van der Waals surface area contributed by atoms with Crippen LogP contribution < -0.4 is 10.2 Å². The number of benzene rings is 2. The van der Waals surface area contributed by atoms with Gasteiger partial charge in [-0.3, -0.25) is 4.79 Å². The van der Waals surface area contributed by atoms with Gasteiger partial charge in [0.1, 0.15) is 12.1 Å². The zero-order valence-electron chi connectivity index (χ0n) is 16.9. The lowest BCUT2D eigenvalue weighted by molar-refractivity contribution is -0.120. The second kappa shape index (κ2) is 8.43. The van der Waals surface area contributed by atoms with E-state index >= 15 is 0 Å². The van der Waals surface area contributed by atoms with Crippen LogP contribution in [-0.4, -0.2) is 29.0 Å². The standard InChI is InChI=1S/C24H26N4O/c1-17-12-18(2)14-21(13-17)27-24(29)20-8-10-28(11-9-20)23-15-22(25-16-26-23)19-6-4-3-5-7-19/h3-7,12-16,20H,8-11H2,1-2H3,(H,27,29). The minimum atomic E-state index is 0.0301. The third-order valence-corrected chi connectivity index (χ3v) is 5.40. The lowest BCUT2D eigenvalue weighted by atomic mass is 9.95. The molecular formula is C24H26N4O. The summed E-state index contributed by atoms with van der Waals surface area (Å²) in [6.45, 7) is 5.73. The van der Waals surface area contributed by atoms with Crippen molar-refractivity contribution in [2.45, 2.75) is 26.7 Å². The molecule has 0 saturated carbocycles. The number of amides is 1. The van der Waals surface area contributed by atoms with Crippen molar-refractivity contribution in [1.29, 1.82) is 0 Å². The van der Waals surface area contributed by atoms with Gasteiger partial charge < -0.3 is 10.2 Å². The SMILES string of the molecule is Cc1cc(C)cc(NC(=O)C2CCN(c3cc(-c4ccccc4)ncn3)CC2)c1. The minimum absolute atomic E-state index is 0.0301. The molecule has 1 N–H and O–H groups in total. The number of carbonyl (C=O) groups excluding carboxylic acids is 1. The predicted octanol–water partition coefficient (Wildman–Crippen LogP) is 4.62. The van der Waals surface area contributed by atoms with E-state index in [1.165, 1.54) is 0 Å². The third kappa shape index (κ3) is 4.62. The topological polar surface area (TPSA) is 58.1 Å². The Morgan fingerprint density at radius 3 is 2.34 bits per heavy atom. The van der Waals surface area contributed by atoms with Crippen molar-refractivity contribution in [3.8, 4) is 11.3 Å². The zero-order chi connectivity index (χ0) is 20.2. The first-order valence-corrected chi connectivity index (χ1v) is 10.1. The molecule has 1 amide bonds. The minimum Gasteiger partial charge on any atom is -0.356 e. The molecule has 5 nitrogen and oxygen atoms in total. The molecule has 1 fully saturated rings. The number of hydrogen-bond acceptors (Lipinski definition) is 4. The summed E-state index contributed by atoms with van der Waals surface area (Å²) in [4.78, 5) is 23.8. The van der Waals surface area contributed by atoms with Crippen molar-refractivity contribution in [3.05, 3.63) is 72.1 Å². The Morgan fingerprint density at radius 1 is 0.966 bits per heavy atom. The van der Waals surface area contributed by atoms with Crippen molar-refractivity contribution in [1.82, 2.24) is 9.97 Å². The maximum atomic E-state index is 12.7. The van der Waals surface area contributed by atoms with Crippen molar-refractivity contribution in [3.63, 3.8) is 0 Å². The van der Waals surface area contributed by atoms with Gasteiger partial charge in [-0.15, -0.1) is 0 Å². The summed E-state index contributed by atoms with van der Waals surface area (Å²) in [6.07, 6.45) is 3.26. The van der Waals surface area contributed by atoms with Gasteiger partial charge in [-0.25, -0.2) is 9.97 Å². The molecule has 0 bridgehead atoms. The first-order chi connectivity index (χ1) is 14.1. The Hall–Kier alpha value is -3.21. The summed E-state index contributed by atoms with van der Waals surface area (Å²) in [5.41, 5.74) is 5.21. The number of aryl methyl sites for hydroxylation is 2. The molecule has 2 aromatic carbocycles. The van der Waals surface area contributed by atoms with E-state index in [4.69, 9.17) is 0 Å². The fourth-order valence-corrected chi connectivity index (χ4v) is 3.95. The molecule has 3 aromatic rings. The molecule has 29 heavy (non-hydrogen) atoms. The Bertz CT molecular complexity index is 975. The quantitative estimate of drug-likeness (QED) is 0.711. The van der Waals surface area contributed by atoms with E-state index in [9.17, 15) is 4.79 Å². The normalized spacial score (nSPS) is 14.6. The number of piperidine rings is 1. The summed E-state index contributed by atoms with van der Waals surface area (Å²) in [5.74, 6) is 1.07. The van der Waals surface area contributed by atoms with E-state index in [0.29, 0.717) is 0 Å². The van der Waals surface area contributed by atoms with Crippen molar-refractivity contribution >= 4 is 17.4 Å². The number of carbonyl (C=O) groups is 1. The van der Waals surface area contributed by atoms with E-state index in [-0.39, 0.29) is 11.8 Å². The second-order valence-corrected chi connectivity index (χ2v) is 7.75. The number of rotatable bonds is 4. The van der Waals surface area contributed by atoms with Crippen LogP contribution in [-0.2, 0) is 4.79 Å². The predicted molar refractivity (Wildman–Crippen MR) is 117 cm³/mol. The maximum absolute atomic E-state index is 12.7. The molecule has 148 valence electrons. The van der Waals surface area contributed by atoms with Gasteiger partial charge in [0.15, 0.2) is 0 Å². The molecule has 1 saturated heterocycles. The summed E-state index contributed by atoms with van der Waals surface area (Å²) in [5, 5.41) is 3.10. The van der Waals surface area contributed by atoms with Crippen molar-refractivity contribution in [2.24, 2.45) is 5.92 Å². The first kappa shape index (κ1) is 19.1. The molecule has 0 spiro atoms. The Labute approximate surface area is 171 Å². The van der Waals surface area contributed by atoms with Crippen LogP contribution in [0.5, 0.6) is 0 Å². The van der Waals surface area contributed by atoms with E-state index in [2.05, 4.69) is 38.4 Å². The molecule has 4 rings (SSSR count). The van der Waals surface area contributed by atoms with Crippen LogP contribution in [0.3, 0.4) is 0 Å². The number of aromatic nitrogens is 2. The molecule has 0 radical (unpaired) electrons. The van der Waals surface area contributed by atoms with E-state index < -0.39 is 0 Å². The van der Waals surface area contributed by atoms with Crippen LogP contribution in [0.2, 0.25) is 0 Å². The van der Waals surface area contributed by atoms with Crippen LogP contribution in [0.25, 0.3) is 11.3 Å². The van der Waals surface area contributed by atoms with E-state index in [1.54, 1.807) is 6.33 Å². The molecule has 1 aliphatic heterocycles. The van der Waals surface area contributed by atoms with Gasteiger partial charge in [0.2, 0.25) is 5.91 Å². The molecule has 0 aliphatic carbocycles. The Morgan fingerprint density at radius 2 is 1.66 bits per heavy atom. The average molecular weight is 386 g/mol. The zero-order valence-corrected chi connectivity index (χ0v) is 16.9. The summed E-state index contributed by atoms with van der Waals surface area (Å²) in [6, 6.07) is 18.3. The van der Waals surface area contributed by atoms with Gasteiger partial charge in [-0.2, -0.15) is 0 Å². The van der Waals surface area contributed by atoms with Crippen LogP contribution in [0, 0.1) is 19.8 Å². The van der Waals surface area contributed by atoms with Gasteiger partial charge in [-0.05, 0) is 49.9 Å². The molecular weight excluding hydrogens is 360 g/mol. The van der Waals surface area contributed by atoms with Crippen LogP contribution in [0.4, 0.5) is 11.5 Å². The third-order valence-electron chi connectivity index (χ3n) is 5.40. The Balaban J connectivity index is 1.39. The number of anilines is 2. The monoisotopic (exact) mass is 386 g/mol. The number of nitrogens with zero attached hydrogens (tertiary/aromatic N) is 3. The number of hydrogen-bond donors (Lipinski definition) is 1. The van der Waals surface area contributed by atoms with Crippen molar-refractivity contribution < 1.29 is 4.79 Å². The van der Waals surface area contributed by atoms with Gasteiger partial charge >= 0.3 is 0 Å². The van der Waals surface area contributed by atoms with Crippen LogP contribution >= 0.6 is 0 Å². The highest BCUT2D eigenvalue weighted by Gasteiger charge is 2.26. The lowest BCUT2D eigenvalue weighted by Crippen LogP contribution is -2.38. The highest BCUT2D eigenvalue weighted by molar-refractivity contribution is 5.92. The lowest BCUT2D eigenvalue weighted by Gasteiger charge is -2.32. The van der Waals surface area contributed by atoms with Crippen LogP contribution in [0.15, 0.2) is 60.9 Å². The second-order valence-electron chi connectivity index (χ2n) is 7.75. The molecule has 0 atom stereocenters. The van der Waals surface area contributed by atoms with E-state index in [0.717, 1.165) is 59.8 Å². The molecule has 0 unspecified atom stereocenters. The average Bonchev–Trinajstić information content (AvgIpc) is 2.74. The smallest absolute Gasteiger partial charge is 0.227 e.